The third-order valence-corrected chi connectivity index (χ3v) is 4.26. The van der Waals surface area contributed by atoms with Crippen molar-refractivity contribution < 1.29 is 4.39 Å². The van der Waals surface area contributed by atoms with Crippen LogP contribution in [0.25, 0.3) is 0 Å². The molecule has 0 amide bonds. The summed E-state index contributed by atoms with van der Waals surface area (Å²) < 4.78 is 12.9. The molecular weight excluding hydrogens is 285 g/mol. The summed E-state index contributed by atoms with van der Waals surface area (Å²) in [6, 6.07) is 10.9. The lowest BCUT2D eigenvalue weighted by Crippen LogP contribution is -2.33. The quantitative estimate of drug-likeness (QED) is 0.772. The van der Waals surface area contributed by atoms with E-state index in [4.69, 9.17) is 5.73 Å². The van der Waals surface area contributed by atoms with Crippen LogP contribution in [0.5, 0.6) is 0 Å². The van der Waals surface area contributed by atoms with Gasteiger partial charge in [0, 0.05) is 22.9 Å². The van der Waals surface area contributed by atoms with Crippen LogP contribution in [-0.4, -0.2) is 23.3 Å². The molecule has 5 heteroatoms. The number of aromatic nitrogens is 1. The van der Waals surface area contributed by atoms with Crippen LogP contribution in [0.3, 0.4) is 0 Å². The molecule has 0 bridgehead atoms. The van der Waals surface area contributed by atoms with E-state index < -0.39 is 0 Å². The average Bonchev–Trinajstić information content (AvgIpc) is 2.47. The number of hydrogen-bond acceptors (Lipinski definition) is 4. The van der Waals surface area contributed by atoms with E-state index in [2.05, 4.69) is 17.2 Å². The lowest BCUT2D eigenvalue weighted by Gasteiger charge is -2.17. The summed E-state index contributed by atoms with van der Waals surface area (Å²) in [6.45, 7) is 3.01. The van der Waals surface area contributed by atoms with Gasteiger partial charge in [0.1, 0.15) is 11.6 Å². The van der Waals surface area contributed by atoms with Crippen molar-refractivity contribution in [2.75, 3.05) is 18.0 Å². The van der Waals surface area contributed by atoms with Crippen LogP contribution in [0.15, 0.2) is 47.5 Å². The number of pyridine rings is 1. The number of rotatable bonds is 7. The highest BCUT2D eigenvalue weighted by Gasteiger charge is 2.10. The highest BCUT2D eigenvalue weighted by molar-refractivity contribution is 7.99. The summed E-state index contributed by atoms with van der Waals surface area (Å²) in [4.78, 5) is 5.09. The number of nitrogens with two attached hydrogens (primary N) is 1. The molecule has 2 rings (SSSR count). The van der Waals surface area contributed by atoms with Crippen LogP contribution in [0, 0.1) is 5.82 Å². The van der Waals surface area contributed by atoms with Gasteiger partial charge in [-0.2, -0.15) is 0 Å². The molecule has 2 aromatic rings. The van der Waals surface area contributed by atoms with Crippen molar-refractivity contribution in [1.82, 2.24) is 10.3 Å². The molecule has 1 aromatic heterocycles. The maximum atomic E-state index is 12.9. The minimum atomic E-state index is -0.199. The summed E-state index contributed by atoms with van der Waals surface area (Å²) in [5.74, 6) is 1.27. The Morgan fingerprint density at radius 3 is 2.71 bits per heavy atom. The molecule has 1 aromatic carbocycles. The van der Waals surface area contributed by atoms with Gasteiger partial charge in [-0.05, 0) is 54.9 Å². The zero-order valence-electron chi connectivity index (χ0n) is 12.1. The molecule has 3 N–H and O–H groups in total. The molecule has 0 radical (unpaired) electrons. The number of benzene rings is 1. The monoisotopic (exact) mass is 305 g/mol. The molecule has 1 heterocycles. The number of halogens is 1. The lowest BCUT2D eigenvalue weighted by atomic mass is 10.1. The second-order valence-electron chi connectivity index (χ2n) is 4.81. The van der Waals surface area contributed by atoms with Gasteiger partial charge in [-0.3, -0.25) is 0 Å². The minimum Gasteiger partial charge on any atom is -0.384 e. The average molecular weight is 305 g/mol. The number of nitrogens with one attached hydrogen (secondary N) is 1. The topological polar surface area (TPSA) is 50.9 Å². The lowest BCUT2D eigenvalue weighted by molar-refractivity contribution is 0.572. The fraction of sp³-hybridized carbons (Fsp3) is 0.312. The van der Waals surface area contributed by atoms with E-state index in [0.717, 1.165) is 23.6 Å². The number of nitrogens with zero attached hydrogens (tertiary/aromatic N) is 1. The van der Waals surface area contributed by atoms with Gasteiger partial charge >= 0.3 is 0 Å². The number of nitrogen functional groups attached to an aromatic ring is 1. The summed E-state index contributed by atoms with van der Waals surface area (Å²) in [6.07, 6.45) is 2.63. The van der Waals surface area contributed by atoms with Gasteiger partial charge in [0.05, 0.1) is 0 Å². The molecule has 0 fully saturated rings. The normalized spacial score (nSPS) is 12.3. The Balaban J connectivity index is 1.93. The van der Waals surface area contributed by atoms with Crippen LogP contribution in [-0.2, 0) is 6.42 Å². The molecule has 21 heavy (non-hydrogen) atoms. The summed E-state index contributed by atoms with van der Waals surface area (Å²) in [5.41, 5.74) is 6.89. The van der Waals surface area contributed by atoms with Crippen molar-refractivity contribution in [1.29, 1.82) is 0 Å². The van der Waals surface area contributed by atoms with Crippen LogP contribution in [0.4, 0.5) is 10.2 Å². The second-order valence-corrected chi connectivity index (χ2v) is 5.91. The first kappa shape index (κ1) is 15.8. The number of anilines is 1. The van der Waals surface area contributed by atoms with Crippen molar-refractivity contribution in [3.05, 3.63) is 54.0 Å². The summed E-state index contributed by atoms with van der Waals surface area (Å²) in [7, 11) is 0. The third-order valence-electron chi connectivity index (χ3n) is 3.09. The molecule has 0 aliphatic carbocycles. The number of hydrogen-bond donors (Lipinski definition) is 2. The van der Waals surface area contributed by atoms with Gasteiger partial charge in [-0.15, -0.1) is 11.8 Å². The standard InChI is InChI=1S/C16H20FN3S/c1-2-19-14(9-12-7-8-20-16(18)10-12)11-21-15-5-3-13(17)4-6-15/h3-8,10,14,19H,2,9,11H2,1H3,(H2,18,20). The Hall–Kier alpha value is -1.59. The molecule has 0 spiro atoms. The molecule has 0 saturated heterocycles. The fourth-order valence-corrected chi connectivity index (χ4v) is 3.07. The summed E-state index contributed by atoms with van der Waals surface area (Å²) >= 11 is 1.72. The Kier molecular flexibility index (Phi) is 6.02. The smallest absolute Gasteiger partial charge is 0.123 e. The van der Waals surface area contributed by atoms with Crippen molar-refractivity contribution in [3.8, 4) is 0 Å². The van der Waals surface area contributed by atoms with Crippen molar-refractivity contribution in [3.63, 3.8) is 0 Å². The first-order valence-electron chi connectivity index (χ1n) is 6.99. The van der Waals surface area contributed by atoms with Gasteiger partial charge in [0.2, 0.25) is 0 Å². The third kappa shape index (κ3) is 5.36. The van der Waals surface area contributed by atoms with Crippen LogP contribution < -0.4 is 11.1 Å². The predicted molar refractivity (Wildman–Crippen MR) is 86.9 cm³/mol. The first-order chi connectivity index (χ1) is 10.2. The fourth-order valence-electron chi connectivity index (χ4n) is 2.11. The van der Waals surface area contributed by atoms with E-state index in [1.807, 2.05) is 24.3 Å². The van der Waals surface area contributed by atoms with E-state index >= 15 is 0 Å². The van der Waals surface area contributed by atoms with Crippen LogP contribution >= 0.6 is 11.8 Å². The van der Waals surface area contributed by atoms with Crippen molar-refractivity contribution in [2.24, 2.45) is 0 Å². The van der Waals surface area contributed by atoms with Gasteiger partial charge < -0.3 is 11.1 Å². The van der Waals surface area contributed by atoms with E-state index in [9.17, 15) is 4.39 Å². The van der Waals surface area contributed by atoms with Crippen LogP contribution in [0.1, 0.15) is 12.5 Å². The van der Waals surface area contributed by atoms with E-state index in [1.165, 1.54) is 17.7 Å². The van der Waals surface area contributed by atoms with E-state index in [-0.39, 0.29) is 5.82 Å². The Labute approximate surface area is 129 Å². The Bertz CT molecular complexity index is 560. The highest BCUT2D eigenvalue weighted by Crippen LogP contribution is 2.20. The van der Waals surface area contributed by atoms with E-state index in [1.54, 1.807) is 18.0 Å². The van der Waals surface area contributed by atoms with Gasteiger partial charge in [0.15, 0.2) is 0 Å². The molecule has 1 atom stereocenters. The zero-order valence-corrected chi connectivity index (χ0v) is 12.9. The maximum Gasteiger partial charge on any atom is 0.123 e. The molecule has 0 aliphatic rings. The van der Waals surface area contributed by atoms with Crippen molar-refractivity contribution >= 4 is 17.6 Å². The number of likely N-dealkylation sites (N-methyl/N-ethyl adjacent to an activating group) is 1. The minimum absolute atomic E-state index is 0.199. The van der Waals surface area contributed by atoms with Crippen molar-refractivity contribution in [2.45, 2.75) is 24.3 Å². The summed E-state index contributed by atoms with van der Waals surface area (Å²) in [5, 5.41) is 3.48. The van der Waals surface area contributed by atoms with Gasteiger partial charge in [-0.1, -0.05) is 6.92 Å². The first-order valence-corrected chi connectivity index (χ1v) is 7.98. The number of thioether (sulfide) groups is 1. The zero-order chi connectivity index (χ0) is 15.1. The van der Waals surface area contributed by atoms with Crippen LogP contribution in [0.2, 0.25) is 0 Å². The SMILES string of the molecule is CCNC(CSc1ccc(F)cc1)Cc1ccnc(N)c1. The molecule has 3 nitrogen and oxygen atoms in total. The van der Waals surface area contributed by atoms with Gasteiger partial charge in [-0.25, -0.2) is 9.37 Å². The highest BCUT2D eigenvalue weighted by atomic mass is 32.2. The Morgan fingerprint density at radius 2 is 2.05 bits per heavy atom. The largest absolute Gasteiger partial charge is 0.384 e. The molecule has 0 saturated carbocycles. The molecule has 1 unspecified atom stereocenters. The maximum absolute atomic E-state index is 12.9. The van der Waals surface area contributed by atoms with E-state index in [0.29, 0.717) is 11.9 Å². The molecule has 112 valence electrons. The molecule has 0 aliphatic heterocycles. The molecular formula is C16H20FN3S. The Morgan fingerprint density at radius 1 is 1.29 bits per heavy atom. The predicted octanol–water partition coefficient (Wildman–Crippen LogP) is 3.12. The van der Waals surface area contributed by atoms with Gasteiger partial charge in [0.25, 0.3) is 0 Å². The second kappa shape index (κ2) is 8.00.